The van der Waals surface area contributed by atoms with Gasteiger partial charge in [-0.2, -0.15) is 0 Å². The summed E-state index contributed by atoms with van der Waals surface area (Å²) in [6, 6.07) is 81.3. The smallest absolute Gasteiger partial charge is 0.143 e. The first kappa shape index (κ1) is 34.1. The summed E-state index contributed by atoms with van der Waals surface area (Å²) in [5.74, 6) is 0. The van der Waals surface area contributed by atoms with Gasteiger partial charge < -0.3 is 9.32 Å². The molecule has 0 radical (unpaired) electrons. The fourth-order valence-electron chi connectivity index (χ4n) is 9.38. The molecule has 2 nitrogen and oxygen atoms in total. The predicted molar refractivity (Wildman–Crippen MR) is 255 cm³/mol. The van der Waals surface area contributed by atoms with Gasteiger partial charge in [-0.1, -0.05) is 170 Å². The maximum absolute atomic E-state index is 6.73. The number of para-hydroxylation sites is 3. The molecule has 1 heterocycles. The number of hydrogen-bond donors (Lipinski definition) is 0. The number of fused-ring (bicyclic) bond motifs is 9. The van der Waals surface area contributed by atoms with E-state index in [0.29, 0.717) is 0 Å². The molecule has 11 aromatic carbocycles. The van der Waals surface area contributed by atoms with Crippen molar-refractivity contribution in [2.75, 3.05) is 4.90 Å². The van der Waals surface area contributed by atoms with Crippen LogP contribution in [0.25, 0.3) is 98.4 Å². The van der Waals surface area contributed by atoms with Crippen LogP contribution in [0.15, 0.2) is 229 Å². The van der Waals surface area contributed by atoms with Gasteiger partial charge >= 0.3 is 0 Å². The minimum atomic E-state index is 0.889. The molecule has 0 saturated carbocycles. The molecule has 280 valence electrons. The van der Waals surface area contributed by atoms with Crippen LogP contribution in [0.4, 0.5) is 17.1 Å². The van der Waals surface area contributed by atoms with Crippen molar-refractivity contribution in [2.24, 2.45) is 0 Å². The van der Waals surface area contributed by atoms with E-state index in [4.69, 9.17) is 4.42 Å². The predicted octanol–water partition coefficient (Wildman–Crippen LogP) is 16.7. The second-order valence-electron chi connectivity index (χ2n) is 15.6. The second-order valence-corrected chi connectivity index (χ2v) is 15.6. The van der Waals surface area contributed by atoms with E-state index in [1.165, 1.54) is 54.2 Å². The lowest BCUT2D eigenvalue weighted by Crippen LogP contribution is -2.10. The maximum atomic E-state index is 6.73. The van der Waals surface area contributed by atoms with Gasteiger partial charge in [0.15, 0.2) is 0 Å². The Morgan fingerprint density at radius 1 is 0.267 bits per heavy atom. The normalized spacial score (nSPS) is 11.7. The van der Waals surface area contributed by atoms with Crippen molar-refractivity contribution in [1.82, 2.24) is 0 Å². The average Bonchev–Trinajstić information content (AvgIpc) is 3.71. The average molecular weight is 764 g/mol. The molecule has 0 saturated heterocycles. The highest BCUT2D eigenvalue weighted by molar-refractivity contribution is 6.15. The third kappa shape index (κ3) is 5.57. The van der Waals surface area contributed by atoms with E-state index in [0.717, 1.165) is 61.3 Å². The Balaban J connectivity index is 1.06. The Morgan fingerprint density at radius 2 is 0.850 bits per heavy atom. The summed E-state index contributed by atoms with van der Waals surface area (Å²) < 4.78 is 6.73. The molecule has 12 aromatic rings. The Labute approximate surface area is 347 Å². The minimum Gasteiger partial charge on any atom is -0.455 e. The molecule has 0 spiro atoms. The molecule has 0 aliphatic carbocycles. The van der Waals surface area contributed by atoms with Gasteiger partial charge in [0.1, 0.15) is 11.2 Å². The van der Waals surface area contributed by atoms with Crippen molar-refractivity contribution in [3.8, 4) is 33.4 Å². The molecular formula is C58H37NO. The Morgan fingerprint density at radius 3 is 1.67 bits per heavy atom. The summed E-state index contributed by atoms with van der Waals surface area (Å²) in [6.45, 7) is 0. The van der Waals surface area contributed by atoms with Crippen LogP contribution in [-0.2, 0) is 0 Å². The van der Waals surface area contributed by atoms with Crippen molar-refractivity contribution in [2.45, 2.75) is 0 Å². The Hall–Kier alpha value is -7.94. The topological polar surface area (TPSA) is 16.4 Å². The van der Waals surface area contributed by atoms with Crippen molar-refractivity contribution in [3.05, 3.63) is 224 Å². The molecule has 0 amide bonds. The Bertz CT molecular complexity index is 3600. The van der Waals surface area contributed by atoms with Crippen LogP contribution in [0.2, 0.25) is 0 Å². The van der Waals surface area contributed by atoms with Crippen LogP contribution >= 0.6 is 0 Å². The zero-order chi connectivity index (χ0) is 39.6. The van der Waals surface area contributed by atoms with Crippen molar-refractivity contribution in [1.29, 1.82) is 0 Å². The molecule has 0 atom stereocenters. The second kappa shape index (κ2) is 13.9. The summed E-state index contributed by atoms with van der Waals surface area (Å²) in [7, 11) is 0. The van der Waals surface area contributed by atoms with Crippen molar-refractivity contribution >= 4 is 82.1 Å². The van der Waals surface area contributed by atoms with Crippen LogP contribution in [-0.4, -0.2) is 0 Å². The molecule has 0 N–H and O–H groups in total. The molecule has 12 rings (SSSR count). The van der Waals surface area contributed by atoms with E-state index in [1.807, 2.05) is 6.07 Å². The molecule has 1 aromatic heterocycles. The van der Waals surface area contributed by atoms with E-state index >= 15 is 0 Å². The molecule has 0 unspecified atom stereocenters. The fraction of sp³-hybridized carbons (Fsp3) is 0. The first-order chi connectivity index (χ1) is 29.7. The quantitative estimate of drug-likeness (QED) is 0.157. The highest BCUT2D eigenvalue weighted by Crippen LogP contribution is 2.45. The number of hydrogen-bond acceptors (Lipinski definition) is 2. The van der Waals surface area contributed by atoms with E-state index < -0.39 is 0 Å². The lowest BCUT2D eigenvalue weighted by molar-refractivity contribution is 0.670. The highest BCUT2D eigenvalue weighted by Gasteiger charge is 2.20. The molecule has 2 heteroatoms. The Kier molecular flexibility index (Phi) is 7.89. The number of anilines is 3. The number of furan rings is 1. The van der Waals surface area contributed by atoms with Gasteiger partial charge in [0.2, 0.25) is 0 Å². The summed E-state index contributed by atoms with van der Waals surface area (Å²) in [5.41, 5.74) is 11.9. The summed E-state index contributed by atoms with van der Waals surface area (Å²) >= 11 is 0. The third-order valence-corrected chi connectivity index (χ3v) is 12.2. The van der Waals surface area contributed by atoms with Gasteiger partial charge in [-0.3, -0.25) is 0 Å². The third-order valence-electron chi connectivity index (χ3n) is 12.2. The molecule has 0 fully saturated rings. The van der Waals surface area contributed by atoms with Crippen LogP contribution < -0.4 is 4.90 Å². The summed E-state index contributed by atoms with van der Waals surface area (Å²) in [6.07, 6.45) is 0. The van der Waals surface area contributed by atoms with E-state index in [9.17, 15) is 0 Å². The minimum absolute atomic E-state index is 0.889. The zero-order valence-corrected chi connectivity index (χ0v) is 32.7. The number of nitrogens with zero attached hydrogens (tertiary/aromatic N) is 1. The first-order valence-electron chi connectivity index (χ1n) is 20.6. The van der Waals surface area contributed by atoms with Crippen LogP contribution in [0.1, 0.15) is 0 Å². The number of benzene rings is 11. The van der Waals surface area contributed by atoms with Gasteiger partial charge in [-0.05, 0) is 126 Å². The zero-order valence-electron chi connectivity index (χ0n) is 32.7. The molecule has 0 aliphatic rings. The molecule has 0 bridgehead atoms. The SMILES string of the molecule is c1ccc(N(c2ccc(-c3cc4ccccc4c4ccccc34)cc2)c2ccc(-c3ccc4ccc5ccccc5c4c3)c(-c3cccc4c3oc3ccccc34)c2)cc1. The fourth-order valence-corrected chi connectivity index (χ4v) is 9.38. The van der Waals surface area contributed by atoms with Gasteiger partial charge in [-0.15, -0.1) is 0 Å². The standard InChI is InChI=1S/C58H37NO/c1-2-15-43(16-3-1)59(44-31-29-40(30-32-44)55-35-41-14-5-7-18-47(41)49-19-8-9-20-50(49)55)45-33-34-48(42-28-27-39-26-25-38-13-4-6-17-46(38)54(39)36-42)56(37-45)53-23-12-22-52-51-21-10-11-24-57(51)60-58(52)53/h1-37H. The van der Waals surface area contributed by atoms with Crippen LogP contribution in [0.3, 0.4) is 0 Å². The van der Waals surface area contributed by atoms with Gasteiger partial charge in [0.25, 0.3) is 0 Å². The first-order valence-corrected chi connectivity index (χ1v) is 20.6. The van der Waals surface area contributed by atoms with E-state index in [1.54, 1.807) is 0 Å². The van der Waals surface area contributed by atoms with Gasteiger partial charge in [0.05, 0.1) is 0 Å². The molecule has 60 heavy (non-hydrogen) atoms. The van der Waals surface area contributed by atoms with Crippen LogP contribution in [0.5, 0.6) is 0 Å². The highest BCUT2D eigenvalue weighted by atomic mass is 16.3. The van der Waals surface area contributed by atoms with Gasteiger partial charge in [0, 0.05) is 33.4 Å². The largest absolute Gasteiger partial charge is 0.455 e. The lowest BCUT2D eigenvalue weighted by atomic mass is 9.90. The van der Waals surface area contributed by atoms with E-state index in [-0.39, 0.29) is 0 Å². The summed E-state index contributed by atoms with van der Waals surface area (Å²) in [4.78, 5) is 2.36. The van der Waals surface area contributed by atoms with Crippen LogP contribution in [0, 0.1) is 0 Å². The lowest BCUT2D eigenvalue weighted by Gasteiger charge is -2.27. The summed E-state index contributed by atoms with van der Waals surface area (Å²) in [5, 5.41) is 12.2. The van der Waals surface area contributed by atoms with Gasteiger partial charge in [-0.25, -0.2) is 0 Å². The molecule has 0 aliphatic heterocycles. The maximum Gasteiger partial charge on any atom is 0.143 e. The van der Waals surface area contributed by atoms with E-state index in [2.05, 4.69) is 223 Å². The van der Waals surface area contributed by atoms with Crippen molar-refractivity contribution in [3.63, 3.8) is 0 Å². The number of rotatable bonds is 6. The van der Waals surface area contributed by atoms with Crippen molar-refractivity contribution < 1.29 is 4.42 Å². The molecular weight excluding hydrogens is 727 g/mol. The monoisotopic (exact) mass is 763 g/mol.